The van der Waals surface area contributed by atoms with Crippen molar-refractivity contribution in [1.82, 2.24) is 15.1 Å². The van der Waals surface area contributed by atoms with Crippen molar-refractivity contribution in [1.29, 1.82) is 0 Å². The Morgan fingerprint density at radius 2 is 2.13 bits per heavy atom. The summed E-state index contributed by atoms with van der Waals surface area (Å²) in [7, 11) is 0. The first-order valence-corrected chi connectivity index (χ1v) is 7.08. The molecule has 0 aliphatic carbocycles. The molecule has 23 heavy (non-hydrogen) atoms. The normalized spacial score (nSPS) is 14.6. The summed E-state index contributed by atoms with van der Waals surface area (Å²) in [5.74, 6) is -1.23. The number of fused-ring (bicyclic) bond motifs is 1. The lowest BCUT2D eigenvalue weighted by atomic mass is 10.1. The van der Waals surface area contributed by atoms with Gasteiger partial charge in [-0.1, -0.05) is 11.6 Å². The highest BCUT2D eigenvalue weighted by Gasteiger charge is 2.32. The molecule has 1 aromatic carbocycles. The van der Waals surface area contributed by atoms with E-state index in [1.165, 1.54) is 4.68 Å². The summed E-state index contributed by atoms with van der Waals surface area (Å²) < 4.78 is 39.9. The molecule has 0 amide bonds. The zero-order valence-corrected chi connectivity index (χ0v) is 12.4. The number of aromatic nitrogens is 2. The second kappa shape index (κ2) is 5.54. The van der Waals surface area contributed by atoms with Crippen LogP contribution in [0.5, 0.6) is 0 Å². The third kappa shape index (κ3) is 2.79. The molecule has 1 aromatic heterocycles. The maximum absolute atomic E-state index is 12.9. The summed E-state index contributed by atoms with van der Waals surface area (Å²) in [6, 6.07) is 2.89. The van der Waals surface area contributed by atoms with Crippen molar-refractivity contribution in [3.8, 4) is 5.69 Å². The number of benzene rings is 1. The predicted molar refractivity (Wildman–Crippen MR) is 75.9 cm³/mol. The molecule has 0 unspecified atom stereocenters. The first-order chi connectivity index (χ1) is 10.8. The van der Waals surface area contributed by atoms with E-state index in [9.17, 15) is 23.1 Å². The maximum atomic E-state index is 12.9. The Morgan fingerprint density at radius 3 is 2.78 bits per heavy atom. The molecule has 0 saturated heterocycles. The number of alkyl halides is 3. The fourth-order valence-electron chi connectivity index (χ4n) is 2.57. The summed E-state index contributed by atoms with van der Waals surface area (Å²) in [6.45, 7) is 0.877. The second-order valence-electron chi connectivity index (χ2n) is 5.08. The van der Waals surface area contributed by atoms with E-state index in [2.05, 4.69) is 10.4 Å². The van der Waals surface area contributed by atoms with Crippen molar-refractivity contribution in [3.63, 3.8) is 0 Å². The second-order valence-corrected chi connectivity index (χ2v) is 5.49. The Hall–Kier alpha value is -2.06. The lowest BCUT2D eigenvalue weighted by Gasteiger charge is -2.17. The Labute approximate surface area is 133 Å². The van der Waals surface area contributed by atoms with Gasteiger partial charge < -0.3 is 10.4 Å². The quantitative estimate of drug-likeness (QED) is 0.878. The summed E-state index contributed by atoms with van der Waals surface area (Å²) >= 11 is 6.02. The van der Waals surface area contributed by atoms with Crippen LogP contribution in [0.3, 0.4) is 0 Å². The summed E-state index contributed by atoms with van der Waals surface area (Å²) in [4.78, 5) is 11.3. The first-order valence-electron chi connectivity index (χ1n) is 6.71. The van der Waals surface area contributed by atoms with Crippen LogP contribution >= 0.6 is 11.6 Å². The van der Waals surface area contributed by atoms with Gasteiger partial charge in [-0.3, -0.25) is 0 Å². The zero-order valence-electron chi connectivity index (χ0n) is 11.6. The van der Waals surface area contributed by atoms with Crippen LogP contribution in [0.1, 0.15) is 27.3 Å². The van der Waals surface area contributed by atoms with E-state index in [1.54, 1.807) is 0 Å². The number of nitrogens with one attached hydrogen (secondary N) is 1. The molecule has 2 N–H and O–H groups in total. The van der Waals surface area contributed by atoms with Crippen molar-refractivity contribution >= 4 is 17.6 Å². The lowest BCUT2D eigenvalue weighted by molar-refractivity contribution is -0.137. The summed E-state index contributed by atoms with van der Waals surface area (Å²) in [5.41, 5.74) is -0.000572. The number of halogens is 4. The van der Waals surface area contributed by atoms with Crippen LogP contribution in [0.25, 0.3) is 5.69 Å². The summed E-state index contributed by atoms with van der Waals surface area (Å²) in [6.07, 6.45) is -4.08. The Bertz CT molecular complexity index is 786. The third-order valence-electron chi connectivity index (χ3n) is 3.63. The molecule has 1 aliphatic rings. The van der Waals surface area contributed by atoms with Gasteiger partial charge in [-0.05, 0) is 18.2 Å². The number of aromatic carboxylic acids is 1. The van der Waals surface area contributed by atoms with E-state index < -0.39 is 17.7 Å². The molecule has 0 atom stereocenters. The van der Waals surface area contributed by atoms with E-state index in [4.69, 9.17) is 11.6 Å². The molecule has 3 rings (SSSR count). The topological polar surface area (TPSA) is 67.1 Å². The van der Waals surface area contributed by atoms with Crippen LogP contribution < -0.4 is 5.32 Å². The Morgan fingerprint density at radius 1 is 1.39 bits per heavy atom. The van der Waals surface area contributed by atoms with Gasteiger partial charge in [0.2, 0.25) is 0 Å². The van der Waals surface area contributed by atoms with E-state index in [0.29, 0.717) is 30.8 Å². The van der Waals surface area contributed by atoms with Crippen molar-refractivity contribution in [3.05, 3.63) is 45.7 Å². The van der Waals surface area contributed by atoms with Crippen molar-refractivity contribution < 1.29 is 23.1 Å². The number of rotatable bonds is 2. The zero-order chi connectivity index (χ0) is 16.8. The maximum Gasteiger partial charge on any atom is 0.416 e. The third-order valence-corrected chi connectivity index (χ3v) is 3.95. The number of carbonyl (C=O) groups is 1. The highest BCUT2D eigenvalue weighted by Crippen LogP contribution is 2.34. The van der Waals surface area contributed by atoms with Gasteiger partial charge in [-0.15, -0.1) is 0 Å². The minimum atomic E-state index is -4.52. The minimum Gasteiger partial charge on any atom is -0.476 e. The monoisotopic (exact) mass is 345 g/mol. The molecule has 0 radical (unpaired) electrons. The van der Waals surface area contributed by atoms with Gasteiger partial charge in [0.05, 0.1) is 22.0 Å². The largest absolute Gasteiger partial charge is 0.476 e. The number of nitrogens with zero attached hydrogens (tertiary/aromatic N) is 2. The molecule has 1 aliphatic heterocycles. The Kier molecular flexibility index (Phi) is 3.81. The SMILES string of the molecule is O=C(O)c1nn(-c2cc(C(F)(F)F)ccc2Cl)c2c1CNCC2. The van der Waals surface area contributed by atoms with Crippen LogP contribution in [0.2, 0.25) is 5.02 Å². The first kappa shape index (κ1) is 15.8. The van der Waals surface area contributed by atoms with Crippen LogP contribution in [-0.4, -0.2) is 27.4 Å². The van der Waals surface area contributed by atoms with Gasteiger partial charge in [0.1, 0.15) is 0 Å². The molecule has 2 aromatic rings. The highest BCUT2D eigenvalue weighted by atomic mass is 35.5. The fraction of sp³-hybridized carbons (Fsp3) is 0.286. The van der Waals surface area contributed by atoms with Crippen molar-refractivity contribution in [2.75, 3.05) is 6.54 Å². The molecule has 0 saturated carbocycles. The van der Waals surface area contributed by atoms with Crippen LogP contribution in [0, 0.1) is 0 Å². The van der Waals surface area contributed by atoms with Gasteiger partial charge in [-0.25, -0.2) is 9.48 Å². The fourth-order valence-corrected chi connectivity index (χ4v) is 2.77. The average Bonchev–Trinajstić information content (AvgIpc) is 2.86. The van der Waals surface area contributed by atoms with E-state index >= 15 is 0 Å². The molecule has 0 fully saturated rings. The van der Waals surface area contributed by atoms with Crippen LogP contribution in [0.4, 0.5) is 13.2 Å². The van der Waals surface area contributed by atoms with Gasteiger partial charge in [0.25, 0.3) is 0 Å². The molecule has 0 spiro atoms. The number of hydrogen-bond acceptors (Lipinski definition) is 3. The highest BCUT2D eigenvalue weighted by molar-refractivity contribution is 6.32. The number of carboxylic acids is 1. The lowest BCUT2D eigenvalue weighted by Crippen LogP contribution is -2.25. The molecule has 5 nitrogen and oxygen atoms in total. The standard InChI is InChI=1S/C14H11ClF3N3O2/c15-9-2-1-7(14(16,17)18)5-11(9)21-10-3-4-19-6-8(10)12(20-21)13(22)23/h1-2,5,19H,3-4,6H2,(H,22,23). The smallest absolute Gasteiger partial charge is 0.416 e. The van der Waals surface area contributed by atoms with E-state index in [1.807, 2.05) is 0 Å². The van der Waals surface area contributed by atoms with Crippen LogP contribution in [-0.2, 0) is 19.1 Å². The van der Waals surface area contributed by atoms with Gasteiger partial charge in [0.15, 0.2) is 5.69 Å². The molecule has 2 heterocycles. The molecular weight excluding hydrogens is 335 g/mol. The van der Waals surface area contributed by atoms with E-state index in [-0.39, 0.29) is 16.4 Å². The summed E-state index contributed by atoms with van der Waals surface area (Å²) in [5, 5.41) is 16.3. The molecule has 9 heteroatoms. The van der Waals surface area contributed by atoms with E-state index in [0.717, 1.165) is 18.2 Å². The van der Waals surface area contributed by atoms with Crippen molar-refractivity contribution in [2.24, 2.45) is 0 Å². The Balaban J connectivity index is 2.21. The number of carboxylic acid groups (broad SMARTS) is 1. The molecular formula is C14H11ClF3N3O2. The molecule has 0 bridgehead atoms. The van der Waals surface area contributed by atoms with Crippen molar-refractivity contribution in [2.45, 2.75) is 19.1 Å². The van der Waals surface area contributed by atoms with Gasteiger partial charge in [0, 0.05) is 25.1 Å². The average molecular weight is 346 g/mol. The number of hydrogen-bond donors (Lipinski definition) is 2. The predicted octanol–water partition coefficient (Wildman–Crippen LogP) is 2.89. The van der Waals surface area contributed by atoms with Gasteiger partial charge >= 0.3 is 12.1 Å². The molecule has 122 valence electrons. The minimum absolute atomic E-state index is 0.0205. The van der Waals surface area contributed by atoms with Gasteiger partial charge in [-0.2, -0.15) is 18.3 Å². The van der Waals surface area contributed by atoms with Crippen LogP contribution in [0.15, 0.2) is 18.2 Å².